The van der Waals surface area contributed by atoms with Gasteiger partial charge in [-0.3, -0.25) is 5.43 Å². The third-order valence-corrected chi connectivity index (χ3v) is 3.94. The second-order valence-corrected chi connectivity index (χ2v) is 5.81. The summed E-state index contributed by atoms with van der Waals surface area (Å²) in [6.45, 7) is 4.16. The Balaban J connectivity index is 1.86. The average molecular weight is 324 g/mol. The summed E-state index contributed by atoms with van der Waals surface area (Å²) >= 11 is 6.11. The van der Waals surface area contributed by atoms with Gasteiger partial charge in [0.25, 0.3) is 0 Å². The Morgan fingerprint density at radius 3 is 2.52 bits per heavy atom. The minimum absolute atomic E-state index is 0.732. The lowest BCUT2D eigenvalue weighted by Crippen LogP contribution is -1.99. The lowest BCUT2D eigenvalue weighted by molar-refractivity contribution is 0.965. The Morgan fingerprint density at radius 1 is 1.00 bits per heavy atom. The van der Waals surface area contributed by atoms with Crippen molar-refractivity contribution in [3.05, 3.63) is 82.6 Å². The second-order valence-electron chi connectivity index (χ2n) is 5.38. The minimum Gasteiger partial charge on any atom is -0.318 e. The summed E-state index contributed by atoms with van der Waals surface area (Å²) < 4.78 is 2.18. The highest BCUT2D eigenvalue weighted by Crippen LogP contribution is 2.22. The van der Waals surface area contributed by atoms with Crippen LogP contribution in [0.5, 0.6) is 0 Å². The highest BCUT2D eigenvalue weighted by Gasteiger charge is 2.09. The van der Waals surface area contributed by atoms with Crippen LogP contribution >= 0.6 is 11.6 Å². The SMILES string of the molecule is Cc1cc(/C=N\Nc2ccccc2)c(C)n1-c1cccc(Cl)c1. The van der Waals surface area contributed by atoms with Gasteiger partial charge in [-0.1, -0.05) is 35.9 Å². The van der Waals surface area contributed by atoms with Gasteiger partial charge in [-0.05, 0) is 50.2 Å². The first-order chi connectivity index (χ1) is 11.1. The van der Waals surface area contributed by atoms with E-state index in [2.05, 4.69) is 41.1 Å². The Hall–Kier alpha value is -2.52. The number of nitrogens with one attached hydrogen (secondary N) is 1. The Labute approximate surface area is 141 Å². The van der Waals surface area contributed by atoms with Crippen molar-refractivity contribution in [3.63, 3.8) is 0 Å². The topological polar surface area (TPSA) is 29.3 Å². The molecule has 0 aliphatic heterocycles. The van der Waals surface area contributed by atoms with Gasteiger partial charge in [0.1, 0.15) is 0 Å². The molecule has 2 aromatic carbocycles. The van der Waals surface area contributed by atoms with Crippen LogP contribution in [0.1, 0.15) is 17.0 Å². The van der Waals surface area contributed by atoms with Crippen LogP contribution in [-0.2, 0) is 0 Å². The molecule has 0 fully saturated rings. The quantitative estimate of drug-likeness (QED) is 0.519. The largest absolute Gasteiger partial charge is 0.318 e. The van der Waals surface area contributed by atoms with E-state index in [-0.39, 0.29) is 0 Å². The molecule has 0 radical (unpaired) electrons. The van der Waals surface area contributed by atoms with E-state index < -0.39 is 0 Å². The first kappa shape index (κ1) is 15.4. The predicted octanol–water partition coefficient (Wildman–Crippen LogP) is 5.19. The monoisotopic (exact) mass is 323 g/mol. The van der Waals surface area contributed by atoms with Crippen molar-refractivity contribution in [1.82, 2.24) is 4.57 Å². The Morgan fingerprint density at radius 2 is 1.78 bits per heavy atom. The molecule has 0 atom stereocenters. The van der Waals surface area contributed by atoms with Gasteiger partial charge in [-0.25, -0.2) is 0 Å². The van der Waals surface area contributed by atoms with Crippen molar-refractivity contribution in [2.75, 3.05) is 5.43 Å². The smallest absolute Gasteiger partial charge is 0.0562 e. The summed E-state index contributed by atoms with van der Waals surface area (Å²) in [7, 11) is 0. The van der Waals surface area contributed by atoms with Crippen molar-refractivity contribution in [2.45, 2.75) is 13.8 Å². The van der Waals surface area contributed by atoms with Gasteiger partial charge in [0, 0.05) is 27.7 Å². The van der Waals surface area contributed by atoms with E-state index in [1.54, 1.807) is 0 Å². The molecule has 3 rings (SSSR count). The molecule has 116 valence electrons. The molecule has 1 N–H and O–H groups in total. The third-order valence-electron chi connectivity index (χ3n) is 3.71. The highest BCUT2D eigenvalue weighted by atomic mass is 35.5. The van der Waals surface area contributed by atoms with Gasteiger partial charge in [-0.15, -0.1) is 0 Å². The fourth-order valence-electron chi connectivity index (χ4n) is 2.62. The molecule has 0 bridgehead atoms. The van der Waals surface area contributed by atoms with Crippen molar-refractivity contribution < 1.29 is 0 Å². The van der Waals surface area contributed by atoms with Crippen molar-refractivity contribution in [2.24, 2.45) is 5.10 Å². The number of hydrogen-bond acceptors (Lipinski definition) is 2. The first-order valence-electron chi connectivity index (χ1n) is 7.44. The number of hydrogen-bond donors (Lipinski definition) is 1. The lowest BCUT2D eigenvalue weighted by atomic mass is 10.2. The van der Waals surface area contributed by atoms with Crippen LogP contribution < -0.4 is 5.43 Å². The first-order valence-corrected chi connectivity index (χ1v) is 7.82. The molecular weight excluding hydrogens is 306 g/mol. The number of nitrogens with zero attached hydrogens (tertiary/aromatic N) is 2. The summed E-state index contributed by atoms with van der Waals surface area (Å²) in [4.78, 5) is 0. The fraction of sp³-hybridized carbons (Fsp3) is 0.105. The number of para-hydroxylation sites is 1. The number of benzene rings is 2. The van der Waals surface area contributed by atoms with E-state index in [9.17, 15) is 0 Å². The normalized spacial score (nSPS) is 11.1. The summed E-state index contributed by atoms with van der Waals surface area (Å²) in [5, 5.41) is 5.06. The number of anilines is 1. The maximum absolute atomic E-state index is 6.11. The van der Waals surface area contributed by atoms with Crippen LogP contribution in [0.2, 0.25) is 5.02 Å². The van der Waals surface area contributed by atoms with Crippen LogP contribution in [0.3, 0.4) is 0 Å². The zero-order valence-electron chi connectivity index (χ0n) is 13.1. The van der Waals surface area contributed by atoms with Crippen molar-refractivity contribution in [1.29, 1.82) is 0 Å². The van der Waals surface area contributed by atoms with Crippen LogP contribution in [0, 0.1) is 13.8 Å². The summed E-state index contributed by atoms with van der Waals surface area (Å²) in [6, 6.07) is 19.9. The number of rotatable bonds is 4. The molecule has 3 nitrogen and oxygen atoms in total. The van der Waals surface area contributed by atoms with Gasteiger partial charge >= 0.3 is 0 Å². The molecule has 0 spiro atoms. The number of hydrazone groups is 1. The Kier molecular flexibility index (Phi) is 4.49. The van der Waals surface area contributed by atoms with Gasteiger partial charge < -0.3 is 4.57 Å². The fourth-order valence-corrected chi connectivity index (χ4v) is 2.80. The van der Waals surface area contributed by atoms with E-state index >= 15 is 0 Å². The zero-order chi connectivity index (χ0) is 16.2. The molecule has 4 heteroatoms. The van der Waals surface area contributed by atoms with E-state index in [0.29, 0.717) is 0 Å². The van der Waals surface area contributed by atoms with Crippen LogP contribution in [0.4, 0.5) is 5.69 Å². The Bertz CT molecular complexity index is 835. The van der Waals surface area contributed by atoms with E-state index in [1.807, 2.05) is 54.7 Å². The highest BCUT2D eigenvalue weighted by molar-refractivity contribution is 6.30. The second kappa shape index (κ2) is 6.71. The maximum Gasteiger partial charge on any atom is 0.0562 e. The average Bonchev–Trinajstić information content (AvgIpc) is 2.82. The van der Waals surface area contributed by atoms with Gasteiger partial charge in [0.15, 0.2) is 0 Å². The maximum atomic E-state index is 6.11. The molecule has 0 aliphatic carbocycles. The molecule has 23 heavy (non-hydrogen) atoms. The molecule has 1 aromatic heterocycles. The molecule has 3 aromatic rings. The van der Waals surface area contributed by atoms with E-state index in [1.165, 1.54) is 0 Å². The van der Waals surface area contributed by atoms with Gasteiger partial charge in [-0.2, -0.15) is 5.10 Å². The summed E-state index contributed by atoms with van der Waals surface area (Å²) in [6.07, 6.45) is 1.84. The molecule has 0 unspecified atom stereocenters. The number of aromatic nitrogens is 1. The van der Waals surface area contributed by atoms with Crippen LogP contribution in [0.25, 0.3) is 5.69 Å². The minimum atomic E-state index is 0.732. The molecule has 1 heterocycles. The van der Waals surface area contributed by atoms with Crippen molar-refractivity contribution >= 4 is 23.5 Å². The summed E-state index contributed by atoms with van der Waals surface area (Å²) in [5.74, 6) is 0. The van der Waals surface area contributed by atoms with Gasteiger partial charge in [0.2, 0.25) is 0 Å². The van der Waals surface area contributed by atoms with Gasteiger partial charge in [0.05, 0.1) is 11.9 Å². The van der Waals surface area contributed by atoms with E-state index in [4.69, 9.17) is 11.6 Å². The third kappa shape index (κ3) is 3.46. The lowest BCUT2D eigenvalue weighted by Gasteiger charge is -2.09. The molecule has 0 saturated carbocycles. The molecule has 0 saturated heterocycles. The van der Waals surface area contributed by atoms with E-state index in [0.717, 1.165) is 33.3 Å². The van der Waals surface area contributed by atoms with Crippen LogP contribution in [0.15, 0.2) is 65.8 Å². The molecular formula is C19H18ClN3. The summed E-state index contributed by atoms with van der Waals surface area (Å²) in [5.41, 5.74) is 8.41. The number of aryl methyl sites for hydroxylation is 1. The zero-order valence-corrected chi connectivity index (χ0v) is 13.9. The standard InChI is InChI=1S/C19H18ClN3/c1-14-11-16(13-21-22-18-8-4-3-5-9-18)15(2)23(14)19-10-6-7-17(20)12-19/h3-13,22H,1-2H3/b21-13-. The molecule has 0 amide bonds. The van der Waals surface area contributed by atoms with Crippen molar-refractivity contribution in [3.8, 4) is 5.69 Å². The van der Waals surface area contributed by atoms with Crippen LogP contribution in [-0.4, -0.2) is 10.8 Å². The number of halogens is 1. The molecule has 0 aliphatic rings. The predicted molar refractivity (Wildman–Crippen MR) is 97.9 cm³/mol.